The van der Waals surface area contributed by atoms with Gasteiger partial charge in [0.1, 0.15) is 11.5 Å². The molecule has 0 saturated carbocycles. The molecule has 1 saturated heterocycles. The smallest absolute Gasteiger partial charge is 0.224 e. The van der Waals surface area contributed by atoms with Gasteiger partial charge >= 0.3 is 0 Å². The topological polar surface area (TPSA) is 72.5 Å². The minimum atomic E-state index is -0.0547. The van der Waals surface area contributed by atoms with Crippen molar-refractivity contribution in [1.29, 1.82) is 0 Å². The number of piperidine rings is 1. The Labute approximate surface area is 153 Å². The molecule has 0 radical (unpaired) electrons. The van der Waals surface area contributed by atoms with Crippen LogP contribution in [-0.4, -0.2) is 37.7 Å². The Morgan fingerprint density at radius 2 is 2.15 bits per heavy atom. The molecule has 0 bridgehead atoms. The van der Waals surface area contributed by atoms with E-state index in [0.29, 0.717) is 25.6 Å². The van der Waals surface area contributed by atoms with E-state index in [-0.39, 0.29) is 11.8 Å². The van der Waals surface area contributed by atoms with E-state index in [2.05, 4.69) is 15.6 Å². The Bertz CT molecular complexity index is 708. The fraction of sp³-hybridized carbons (Fsp3) is 0.400. The number of nitrogens with one attached hydrogen (secondary N) is 2. The lowest BCUT2D eigenvalue weighted by molar-refractivity contribution is -0.126. The average molecular weight is 355 g/mol. The number of hydrogen-bond donors (Lipinski definition) is 2. The third-order valence-electron chi connectivity index (χ3n) is 4.58. The first-order valence-electron chi connectivity index (χ1n) is 8.89. The number of nitrogens with zero attached hydrogens (tertiary/aromatic N) is 1. The number of methoxy groups -OCH3 is 1. The Balaban J connectivity index is 1.48. The zero-order valence-electron chi connectivity index (χ0n) is 15.0. The molecule has 6 heteroatoms. The summed E-state index contributed by atoms with van der Waals surface area (Å²) in [6.07, 6.45) is 4.23. The van der Waals surface area contributed by atoms with E-state index in [0.717, 1.165) is 30.0 Å². The maximum Gasteiger partial charge on any atom is 0.224 e. The molecule has 2 heterocycles. The van der Waals surface area contributed by atoms with Gasteiger partial charge in [-0.3, -0.25) is 9.78 Å². The molecular weight excluding hydrogens is 330 g/mol. The van der Waals surface area contributed by atoms with Crippen LogP contribution in [0.3, 0.4) is 0 Å². The molecule has 0 aliphatic carbocycles. The first kappa shape index (κ1) is 18.2. The summed E-state index contributed by atoms with van der Waals surface area (Å²) in [6.45, 7) is 2.60. The third-order valence-corrected chi connectivity index (χ3v) is 4.58. The van der Waals surface area contributed by atoms with Crippen molar-refractivity contribution in [2.24, 2.45) is 11.8 Å². The molecule has 3 rings (SSSR count). The molecular formula is C20H25N3O3. The number of ether oxygens (including phenoxy) is 2. The third kappa shape index (κ3) is 4.95. The van der Waals surface area contributed by atoms with Gasteiger partial charge in [-0.05, 0) is 24.6 Å². The van der Waals surface area contributed by atoms with Gasteiger partial charge in [-0.15, -0.1) is 0 Å². The summed E-state index contributed by atoms with van der Waals surface area (Å²) in [4.78, 5) is 16.6. The Morgan fingerprint density at radius 1 is 1.27 bits per heavy atom. The zero-order chi connectivity index (χ0) is 18.2. The van der Waals surface area contributed by atoms with Gasteiger partial charge in [0, 0.05) is 37.3 Å². The maximum absolute atomic E-state index is 12.5. The highest BCUT2D eigenvalue weighted by Crippen LogP contribution is 2.20. The van der Waals surface area contributed by atoms with Crippen molar-refractivity contribution in [2.75, 3.05) is 26.8 Å². The maximum atomic E-state index is 12.5. The molecule has 26 heavy (non-hydrogen) atoms. The normalized spacial score (nSPS) is 19.6. The minimum absolute atomic E-state index is 0.0547. The highest BCUT2D eigenvalue weighted by Gasteiger charge is 2.27. The van der Waals surface area contributed by atoms with Crippen LogP contribution in [0.5, 0.6) is 11.5 Å². The van der Waals surface area contributed by atoms with Crippen LogP contribution < -0.4 is 20.1 Å². The zero-order valence-corrected chi connectivity index (χ0v) is 15.0. The van der Waals surface area contributed by atoms with Crippen LogP contribution in [0.1, 0.15) is 12.0 Å². The summed E-state index contributed by atoms with van der Waals surface area (Å²) in [7, 11) is 1.64. The van der Waals surface area contributed by atoms with Gasteiger partial charge in [-0.1, -0.05) is 18.2 Å². The molecule has 1 fully saturated rings. The van der Waals surface area contributed by atoms with Gasteiger partial charge in [0.2, 0.25) is 5.91 Å². The second-order valence-electron chi connectivity index (χ2n) is 6.49. The van der Waals surface area contributed by atoms with Gasteiger partial charge in [0.05, 0.1) is 25.8 Å². The molecule has 1 aliphatic rings. The fourth-order valence-corrected chi connectivity index (χ4v) is 3.18. The van der Waals surface area contributed by atoms with E-state index < -0.39 is 0 Å². The summed E-state index contributed by atoms with van der Waals surface area (Å²) in [5, 5.41) is 6.37. The van der Waals surface area contributed by atoms with E-state index in [1.807, 2.05) is 36.4 Å². The van der Waals surface area contributed by atoms with Crippen molar-refractivity contribution in [3.8, 4) is 11.5 Å². The predicted molar refractivity (Wildman–Crippen MR) is 99.0 cm³/mol. The van der Waals surface area contributed by atoms with Gasteiger partial charge in [-0.2, -0.15) is 0 Å². The van der Waals surface area contributed by atoms with Crippen molar-refractivity contribution in [2.45, 2.75) is 13.0 Å². The van der Waals surface area contributed by atoms with Gasteiger partial charge in [0.15, 0.2) is 0 Å². The van der Waals surface area contributed by atoms with Crippen molar-refractivity contribution in [1.82, 2.24) is 15.6 Å². The molecule has 138 valence electrons. The van der Waals surface area contributed by atoms with Crippen LogP contribution in [0.25, 0.3) is 0 Å². The Hall–Kier alpha value is -2.60. The molecule has 0 spiro atoms. The number of rotatable bonds is 7. The number of hydrogen-bond acceptors (Lipinski definition) is 5. The van der Waals surface area contributed by atoms with E-state index in [9.17, 15) is 4.79 Å². The van der Waals surface area contributed by atoms with Crippen LogP contribution in [-0.2, 0) is 11.3 Å². The molecule has 2 aromatic rings. The molecule has 1 aliphatic heterocycles. The van der Waals surface area contributed by atoms with Gasteiger partial charge < -0.3 is 20.1 Å². The van der Waals surface area contributed by atoms with Gasteiger partial charge in [-0.25, -0.2) is 0 Å². The monoisotopic (exact) mass is 355 g/mol. The minimum Gasteiger partial charge on any atom is -0.496 e. The van der Waals surface area contributed by atoms with Crippen LogP contribution in [0.2, 0.25) is 0 Å². The van der Waals surface area contributed by atoms with Crippen molar-refractivity contribution in [3.05, 3.63) is 54.4 Å². The van der Waals surface area contributed by atoms with Crippen molar-refractivity contribution in [3.63, 3.8) is 0 Å². The van der Waals surface area contributed by atoms with Crippen LogP contribution in [0, 0.1) is 11.8 Å². The first-order valence-corrected chi connectivity index (χ1v) is 8.89. The Morgan fingerprint density at radius 3 is 2.96 bits per heavy atom. The quantitative estimate of drug-likeness (QED) is 0.795. The van der Waals surface area contributed by atoms with Gasteiger partial charge in [0.25, 0.3) is 0 Å². The van der Waals surface area contributed by atoms with Crippen LogP contribution in [0.4, 0.5) is 0 Å². The number of amides is 1. The molecule has 2 atom stereocenters. The molecule has 1 amide bonds. The molecule has 1 aromatic heterocycles. The fourth-order valence-electron chi connectivity index (χ4n) is 3.18. The van der Waals surface area contributed by atoms with Crippen LogP contribution >= 0.6 is 0 Å². The highest BCUT2D eigenvalue weighted by atomic mass is 16.5. The summed E-state index contributed by atoms with van der Waals surface area (Å²) < 4.78 is 11.1. The SMILES string of the molecule is COc1ccccc1CNC(=O)[C@H]1CNC[C@@H](COc2cccnc2)C1. The average Bonchev–Trinajstić information content (AvgIpc) is 2.71. The Kier molecular flexibility index (Phi) is 6.44. The van der Waals surface area contributed by atoms with Crippen molar-refractivity contribution >= 4 is 5.91 Å². The number of aromatic nitrogens is 1. The van der Waals surface area contributed by atoms with E-state index >= 15 is 0 Å². The summed E-state index contributed by atoms with van der Waals surface area (Å²) in [5.41, 5.74) is 0.976. The summed E-state index contributed by atoms with van der Waals surface area (Å²) in [6, 6.07) is 11.5. The number of pyridine rings is 1. The molecule has 1 aromatic carbocycles. The van der Waals surface area contributed by atoms with E-state index in [1.165, 1.54) is 0 Å². The second-order valence-corrected chi connectivity index (χ2v) is 6.49. The van der Waals surface area contributed by atoms with E-state index in [1.54, 1.807) is 19.5 Å². The number of carbonyl (C=O) groups excluding carboxylic acids is 1. The van der Waals surface area contributed by atoms with Crippen LogP contribution in [0.15, 0.2) is 48.8 Å². The lowest BCUT2D eigenvalue weighted by Crippen LogP contribution is -2.45. The standard InChI is InChI=1S/C20H25N3O3/c1-25-19-7-3-2-5-16(19)12-23-20(24)17-9-15(10-22-11-17)14-26-18-6-4-8-21-13-18/h2-8,13,15,17,22H,9-12,14H2,1H3,(H,23,24)/t15-,17+/m0/s1. The largest absolute Gasteiger partial charge is 0.496 e. The number of para-hydroxylation sites is 1. The number of carbonyl (C=O) groups is 1. The number of benzene rings is 1. The predicted octanol–water partition coefficient (Wildman–Crippen LogP) is 2.01. The molecule has 2 N–H and O–H groups in total. The highest BCUT2D eigenvalue weighted by molar-refractivity contribution is 5.79. The summed E-state index contributed by atoms with van der Waals surface area (Å²) in [5.74, 6) is 1.86. The second kappa shape index (κ2) is 9.20. The lowest BCUT2D eigenvalue weighted by Gasteiger charge is -2.29. The first-order chi connectivity index (χ1) is 12.8. The molecule has 6 nitrogen and oxygen atoms in total. The lowest BCUT2D eigenvalue weighted by atomic mass is 9.90. The summed E-state index contributed by atoms with van der Waals surface area (Å²) >= 11 is 0. The molecule has 0 unspecified atom stereocenters. The van der Waals surface area contributed by atoms with Crippen molar-refractivity contribution < 1.29 is 14.3 Å². The van der Waals surface area contributed by atoms with E-state index in [4.69, 9.17) is 9.47 Å².